The second kappa shape index (κ2) is 5.79. The first-order valence-corrected chi connectivity index (χ1v) is 8.79. The van der Waals surface area contributed by atoms with Crippen molar-refractivity contribution >= 4 is 43.2 Å². The number of sulfonamides is 1. The van der Waals surface area contributed by atoms with Gasteiger partial charge in [-0.2, -0.15) is 4.31 Å². The fraction of sp³-hybridized carbons (Fsp3) is 0.500. The molecule has 0 heterocycles. The highest BCUT2D eigenvalue weighted by molar-refractivity contribution is 9.10. The number of rotatable bonds is 3. The van der Waals surface area contributed by atoms with Crippen molar-refractivity contribution in [2.24, 2.45) is 0 Å². The Labute approximate surface area is 131 Å². The number of benzene rings is 1. The molecule has 1 aromatic rings. The van der Waals surface area contributed by atoms with Gasteiger partial charge in [0.05, 0.1) is 15.2 Å². The van der Waals surface area contributed by atoms with Crippen LogP contribution < -0.4 is 5.73 Å². The smallest absolute Gasteiger partial charge is 0.246 e. The predicted molar refractivity (Wildman–Crippen MR) is 80.7 cm³/mol. The number of hydrogen-bond acceptors (Lipinski definition) is 3. The molecule has 0 unspecified atom stereocenters. The Morgan fingerprint density at radius 3 is 2.55 bits per heavy atom. The molecule has 0 amide bonds. The third-order valence-corrected chi connectivity index (χ3v) is 6.94. The maximum absolute atomic E-state index is 14.2. The minimum absolute atomic E-state index is 0.0716. The Hall–Kier alpha value is -0.370. The average Bonchev–Trinajstić information content (AvgIpc) is 2.93. The summed E-state index contributed by atoms with van der Waals surface area (Å²) in [6.07, 6.45) is 3.54. The summed E-state index contributed by atoms with van der Waals surface area (Å²) in [5.74, 6) is -0.967. The van der Waals surface area contributed by atoms with Crippen molar-refractivity contribution in [3.05, 3.63) is 21.4 Å². The van der Waals surface area contributed by atoms with Crippen molar-refractivity contribution in [2.45, 2.75) is 36.6 Å². The summed E-state index contributed by atoms with van der Waals surface area (Å²) in [6, 6.07) is 1.00. The molecule has 0 saturated heterocycles. The summed E-state index contributed by atoms with van der Waals surface area (Å²) in [4.78, 5) is -0.474. The molecule has 0 aromatic heterocycles. The molecule has 0 atom stereocenters. The summed E-state index contributed by atoms with van der Waals surface area (Å²) < 4.78 is 40.6. The highest BCUT2D eigenvalue weighted by atomic mass is 79.9. The summed E-state index contributed by atoms with van der Waals surface area (Å²) in [5.41, 5.74) is 5.25. The first-order valence-electron chi connectivity index (χ1n) is 6.17. The van der Waals surface area contributed by atoms with Crippen molar-refractivity contribution in [3.63, 3.8) is 0 Å². The summed E-state index contributed by atoms with van der Waals surface area (Å²) in [6.45, 7) is 0. The Morgan fingerprint density at radius 2 is 2.00 bits per heavy atom. The fourth-order valence-corrected chi connectivity index (χ4v) is 4.49. The molecule has 2 N–H and O–H groups in total. The van der Waals surface area contributed by atoms with Gasteiger partial charge in [-0.1, -0.05) is 24.4 Å². The monoisotopic (exact) mass is 384 g/mol. The van der Waals surface area contributed by atoms with Crippen molar-refractivity contribution in [2.75, 3.05) is 12.8 Å². The van der Waals surface area contributed by atoms with Gasteiger partial charge in [0, 0.05) is 13.1 Å². The number of nitrogens with zero attached hydrogens (tertiary/aromatic N) is 1. The van der Waals surface area contributed by atoms with E-state index >= 15 is 0 Å². The van der Waals surface area contributed by atoms with Gasteiger partial charge in [-0.15, -0.1) is 0 Å². The predicted octanol–water partition coefficient (Wildman–Crippen LogP) is 3.39. The zero-order valence-corrected chi connectivity index (χ0v) is 14.0. The van der Waals surface area contributed by atoms with E-state index in [9.17, 15) is 12.8 Å². The number of hydrogen-bond donors (Lipinski definition) is 1. The summed E-state index contributed by atoms with van der Waals surface area (Å²) >= 11 is 8.91. The lowest BCUT2D eigenvalue weighted by Crippen LogP contribution is -2.35. The van der Waals surface area contributed by atoms with Gasteiger partial charge in [-0.3, -0.25) is 0 Å². The SMILES string of the molecule is CN(C1CCCC1)S(=O)(=O)c1cc(Cl)c(Br)c(N)c1F. The lowest BCUT2D eigenvalue weighted by molar-refractivity contribution is 0.371. The van der Waals surface area contributed by atoms with E-state index in [-0.39, 0.29) is 21.2 Å². The first kappa shape index (κ1) is 16.0. The number of nitrogens with two attached hydrogens (primary N) is 1. The van der Waals surface area contributed by atoms with E-state index in [1.54, 1.807) is 0 Å². The van der Waals surface area contributed by atoms with E-state index in [0.29, 0.717) is 0 Å². The first-order chi connectivity index (χ1) is 9.26. The lowest BCUT2D eigenvalue weighted by Gasteiger charge is -2.24. The summed E-state index contributed by atoms with van der Waals surface area (Å²) in [7, 11) is -2.47. The van der Waals surface area contributed by atoms with Crippen LogP contribution in [0.2, 0.25) is 5.02 Å². The van der Waals surface area contributed by atoms with Crippen LogP contribution in [0, 0.1) is 5.82 Å². The lowest BCUT2D eigenvalue weighted by atomic mass is 10.3. The molecule has 0 spiro atoms. The second-order valence-corrected chi connectivity index (χ2v) is 8.02. The van der Waals surface area contributed by atoms with Gasteiger partial charge in [0.25, 0.3) is 0 Å². The Kier molecular flexibility index (Phi) is 4.63. The van der Waals surface area contributed by atoms with Crippen LogP contribution in [0.4, 0.5) is 10.1 Å². The largest absolute Gasteiger partial charge is 0.395 e. The molecular weight excluding hydrogens is 371 g/mol. The van der Waals surface area contributed by atoms with Crippen LogP contribution in [0.15, 0.2) is 15.4 Å². The Balaban J connectivity index is 2.49. The molecule has 0 radical (unpaired) electrons. The van der Waals surface area contributed by atoms with Gasteiger partial charge in [-0.25, -0.2) is 12.8 Å². The second-order valence-electron chi connectivity index (χ2n) is 4.86. The van der Waals surface area contributed by atoms with E-state index in [2.05, 4.69) is 15.9 Å². The van der Waals surface area contributed by atoms with Crippen LogP contribution in [0.1, 0.15) is 25.7 Å². The molecule has 0 bridgehead atoms. The van der Waals surface area contributed by atoms with Crippen LogP contribution in [0.25, 0.3) is 0 Å². The van der Waals surface area contributed by atoms with Crippen LogP contribution in [-0.4, -0.2) is 25.8 Å². The number of nitrogen functional groups attached to an aromatic ring is 1. The van der Waals surface area contributed by atoms with E-state index in [1.807, 2.05) is 0 Å². The summed E-state index contributed by atoms with van der Waals surface area (Å²) in [5, 5.41) is 0.0716. The number of anilines is 1. The van der Waals surface area contributed by atoms with Gasteiger partial charge in [-0.05, 0) is 34.8 Å². The molecule has 1 aromatic carbocycles. The van der Waals surface area contributed by atoms with Crippen molar-refractivity contribution < 1.29 is 12.8 Å². The quantitative estimate of drug-likeness (QED) is 0.641. The van der Waals surface area contributed by atoms with Gasteiger partial charge < -0.3 is 5.73 Å². The van der Waals surface area contributed by atoms with E-state index in [4.69, 9.17) is 17.3 Å². The minimum Gasteiger partial charge on any atom is -0.395 e. The normalized spacial score (nSPS) is 17.1. The molecule has 1 aliphatic rings. The number of halogens is 3. The molecule has 8 heteroatoms. The molecule has 20 heavy (non-hydrogen) atoms. The maximum Gasteiger partial charge on any atom is 0.246 e. The van der Waals surface area contributed by atoms with Crippen molar-refractivity contribution in [1.29, 1.82) is 0 Å². The molecule has 1 saturated carbocycles. The zero-order valence-electron chi connectivity index (χ0n) is 10.9. The van der Waals surface area contributed by atoms with Gasteiger partial charge in [0.2, 0.25) is 10.0 Å². The van der Waals surface area contributed by atoms with Crippen LogP contribution in [0.5, 0.6) is 0 Å². The standard InChI is InChI=1S/C12H15BrClFN2O2S/c1-17(7-4-2-3-5-7)20(18,19)9-6-8(14)10(13)12(16)11(9)15/h6-7H,2-5,16H2,1H3. The molecule has 0 aliphatic heterocycles. The molecule has 112 valence electrons. The Morgan fingerprint density at radius 1 is 1.45 bits per heavy atom. The zero-order chi connectivity index (χ0) is 15.1. The van der Waals surface area contributed by atoms with Gasteiger partial charge in [0.1, 0.15) is 4.90 Å². The van der Waals surface area contributed by atoms with Gasteiger partial charge >= 0.3 is 0 Å². The van der Waals surface area contributed by atoms with Gasteiger partial charge in [0.15, 0.2) is 5.82 Å². The van der Waals surface area contributed by atoms with Crippen molar-refractivity contribution in [3.8, 4) is 0 Å². The molecule has 4 nitrogen and oxygen atoms in total. The third-order valence-electron chi connectivity index (χ3n) is 3.65. The van der Waals surface area contributed by atoms with E-state index in [0.717, 1.165) is 31.7 Å². The highest BCUT2D eigenvalue weighted by Crippen LogP contribution is 2.36. The van der Waals surface area contributed by atoms with E-state index < -0.39 is 20.7 Å². The maximum atomic E-state index is 14.2. The third kappa shape index (κ3) is 2.68. The fourth-order valence-electron chi connectivity index (χ4n) is 2.41. The highest BCUT2D eigenvalue weighted by Gasteiger charge is 2.33. The van der Waals surface area contributed by atoms with Crippen LogP contribution in [-0.2, 0) is 10.0 Å². The topological polar surface area (TPSA) is 63.4 Å². The van der Waals surface area contributed by atoms with Crippen LogP contribution in [0.3, 0.4) is 0 Å². The average molecular weight is 386 g/mol. The van der Waals surface area contributed by atoms with Crippen molar-refractivity contribution in [1.82, 2.24) is 4.31 Å². The Bertz CT molecular complexity index is 633. The van der Waals surface area contributed by atoms with Crippen LogP contribution >= 0.6 is 27.5 Å². The molecular formula is C12H15BrClFN2O2S. The molecule has 1 fully saturated rings. The molecule has 1 aliphatic carbocycles. The minimum atomic E-state index is -3.94. The van der Waals surface area contributed by atoms with E-state index in [1.165, 1.54) is 11.4 Å². The molecule has 2 rings (SSSR count).